The number of piperidine rings is 1. The zero-order valence-corrected chi connectivity index (χ0v) is 27.9. The molecule has 2 unspecified atom stereocenters. The van der Waals surface area contributed by atoms with E-state index < -0.39 is 78.0 Å². The highest BCUT2D eigenvalue weighted by atomic mass is 19.3. The van der Waals surface area contributed by atoms with Gasteiger partial charge in [-0.1, -0.05) is 50.3 Å². The Hall–Kier alpha value is -3.83. The standard InChI is InChI=1S/C35H48F2N4O6/c1-7-19-38-30(44)28(42)24(14-13-21-11-9-8-10-12-21)39-29(43)27-25-23(34(25,5)6)20-41(27)31(45)26(40-32(46)47-33(2,3)4)22-15-17-35(36,37)18-16-22/h7-12,22-27H,1,13-20H2,2-6H3,(H,38,44)(H,39,43)(H,40,46)/t23-,24?,25-,26?,27-/m0/s1. The van der Waals surface area contributed by atoms with E-state index in [1.807, 2.05) is 44.2 Å². The lowest BCUT2D eigenvalue weighted by Crippen LogP contribution is -2.60. The first-order valence-electron chi connectivity index (χ1n) is 16.4. The van der Waals surface area contributed by atoms with Gasteiger partial charge < -0.3 is 25.6 Å². The topological polar surface area (TPSA) is 134 Å². The smallest absolute Gasteiger partial charge is 0.408 e. The number of aryl methyl sites for hydroxylation is 1. The fourth-order valence-electron chi connectivity index (χ4n) is 7.10. The Kier molecular flexibility index (Phi) is 10.8. The van der Waals surface area contributed by atoms with Crippen LogP contribution in [-0.2, 0) is 30.3 Å². The molecule has 3 fully saturated rings. The van der Waals surface area contributed by atoms with E-state index in [1.54, 1.807) is 20.8 Å². The predicted molar refractivity (Wildman–Crippen MR) is 171 cm³/mol. The third kappa shape index (κ3) is 8.75. The van der Waals surface area contributed by atoms with Crippen LogP contribution < -0.4 is 16.0 Å². The van der Waals surface area contributed by atoms with E-state index in [1.165, 1.54) is 11.0 Å². The van der Waals surface area contributed by atoms with Crippen molar-refractivity contribution in [1.29, 1.82) is 0 Å². The van der Waals surface area contributed by atoms with Crippen LogP contribution >= 0.6 is 0 Å². The van der Waals surface area contributed by atoms with Gasteiger partial charge in [-0.25, -0.2) is 13.6 Å². The van der Waals surface area contributed by atoms with E-state index in [0.29, 0.717) is 6.42 Å². The summed E-state index contributed by atoms with van der Waals surface area (Å²) in [7, 11) is 0. The first kappa shape index (κ1) is 36.0. The van der Waals surface area contributed by atoms with Crippen LogP contribution in [0.5, 0.6) is 0 Å². The number of halogens is 2. The summed E-state index contributed by atoms with van der Waals surface area (Å²) in [5.74, 6) is -6.49. The van der Waals surface area contributed by atoms with Gasteiger partial charge in [-0.2, -0.15) is 0 Å². The van der Waals surface area contributed by atoms with Crippen LogP contribution in [0.25, 0.3) is 0 Å². The van der Waals surface area contributed by atoms with Gasteiger partial charge in [0.1, 0.15) is 17.7 Å². The second-order valence-corrected chi connectivity index (χ2v) is 14.7. The summed E-state index contributed by atoms with van der Waals surface area (Å²) < 4.78 is 33.6. The molecule has 4 rings (SSSR count). The van der Waals surface area contributed by atoms with Crippen molar-refractivity contribution in [3.05, 3.63) is 48.6 Å². The predicted octanol–water partition coefficient (Wildman–Crippen LogP) is 4.18. The number of likely N-dealkylation sites (tertiary alicyclic amines) is 1. The number of hydrogen-bond donors (Lipinski definition) is 3. The Labute approximate surface area is 275 Å². The summed E-state index contributed by atoms with van der Waals surface area (Å²) in [5, 5.41) is 7.91. The third-order valence-electron chi connectivity index (χ3n) is 9.76. The molecule has 12 heteroatoms. The number of ketones is 1. The van der Waals surface area contributed by atoms with Gasteiger partial charge in [-0.3, -0.25) is 19.2 Å². The number of nitrogens with zero attached hydrogens (tertiary/aromatic N) is 1. The molecule has 5 atom stereocenters. The van der Waals surface area contributed by atoms with Crippen LogP contribution in [-0.4, -0.2) is 77.2 Å². The Morgan fingerprint density at radius 1 is 1.06 bits per heavy atom. The van der Waals surface area contributed by atoms with E-state index in [-0.39, 0.29) is 49.6 Å². The molecule has 10 nitrogen and oxygen atoms in total. The Morgan fingerprint density at radius 3 is 2.30 bits per heavy atom. The SMILES string of the molecule is C=CCNC(=O)C(=O)C(CCc1ccccc1)NC(=O)[C@@H]1[C@@H]2[C@H](CN1C(=O)C(NC(=O)OC(C)(C)C)C1CCC(F)(F)CC1)C2(C)C. The zero-order chi connectivity index (χ0) is 34.7. The molecule has 3 aliphatic rings. The summed E-state index contributed by atoms with van der Waals surface area (Å²) in [6.45, 7) is 12.9. The molecule has 0 spiro atoms. The van der Waals surface area contributed by atoms with Crippen molar-refractivity contribution in [3.8, 4) is 0 Å². The average molecular weight is 659 g/mol. The number of amides is 4. The molecule has 47 heavy (non-hydrogen) atoms. The van der Waals surface area contributed by atoms with Crippen molar-refractivity contribution in [2.75, 3.05) is 13.1 Å². The molecule has 1 heterocycles. The number of fused-ring (bicyclic) bond motifs is 1. The van der Waals surface area contributed by atoms with Crippen LogP contribution in [0.4, 0.5) is 13.6 Å². The summed E-state index contributed by atoms with van der Waals surface area (Å²) in [6.07, 6.45) is 0.331. The van der Waals surface area contributed by atoms with Crippen LogP contribution in [0.2, 0.25) is 0 Å². The molecule has 0 bridgehead atoms. The third-order valence-corrected chi connectivity index (χ3v) is 9.76. The zero-order valence-electron chi connectivity index (χ0n) is 27.9. The summed E-state index contributed by atoms with van der Waals surface area (Å²) in [5.41, 5.74) is -0.218. The normalized spacial score (nSPS) is 24.2. The quantitative estimate of drug-likeness (QED) is 0.228. The second-order valence-electron chi connectivity index (χ2n) is 14.7. The lowest BCUT2D eigenvalue weighted by atomic mass is 9.81. The van der Waals surface area contributed by atoms with Crippen LogP contribution in [0.1, 0.15) is 72.3 Å². The number of carbonyl (C=O) groups is 5. The Morgan fingerprint density at radius 2 is 1.70 bits per heavy atom. The van der Waals surface area contributed by atoms with E-state index in [9.17, 15) is 32.8 Å². The number of hydrogen-bond acceptors (Lipinski definition) is 6. The fourth-order valence-corrected chi connectivity index (χ4v) is 7.10. The number of nitrogens with one attached hydrogen (secondary N) is 3. The maximum absolute atomic E-state index is 14.3. The lowest BCUT2D eigenvalue weighted by molar-refractivity contribution is -0.145. The maximum Gasteiger partial charge on any atom is 0.408 e. The molecular weight excluding hydrogens is 610 g/mol. The molecule has 0 aromatic heterocycles. The largest absolute Gasteiger partial charge is 0.444 e. The molecule has 0 radical (unpaired) electrons. The van der Waals surface area contributed by atoms with E-state index in [2.05, 4.69) is 22.5 Å². The monoisotopic (exact) mass is 658 g/mol. The van der Waals surface area contributed by atoms with E-state index in [4.69, 9.17) is 4.74 Å². The molecule has 1 aliphatic heterocycles. The number of Topliss-reactive ketones (excluding diaryl/α,β-unsaturated/α-hetero) is 1. The number of ether oxygens (including phenoxy) is 1. The van der Waals surface area contributed by atoms with E-state index in [0.717, 1.165) is 5.56 Å². The highest BCUT2D eigenvalue weighted by Gasteiger charge is 2.70. The molecule has 4 amide bonds. The lowest BCUT2D eigenvalue weighted by Gasteiger charge is -2.38. The molecule has 2 saturated carbocycles. The van der Waals surface area contributed by atoms with Gasteiger partial charge in [0, 0.05) is 25.9 Å². The van der Waals surface area contributed by atoms with Gasteiger partial charge in [0.05, 0.1) is 6.04 Å². The highest BCUT2D eigenvalue weighted by molar-refractivity contribution is 6.38. The van der Waals surface area contributed by atoms with Gasteiger partial charge in [0.15, 0.2) is 0 Å². The van der Waals surface area contributed by atoms with Crippen molar-refractivity contribution >= 4 is 29.6 Å². The van der Waals surface area contributed by atoms with Gasteiger partial charge in [-0.05, 0) is 75.2 Å². The Bertz CT molecular complexity index is 1350. The molecule has 258 valence electrons. The van der Waals surface area contributed by atoms with Crippen LogP contribution in [0.3, 0.4) is 0 Å². The van der Waals surface area contributed by atoms with E-state index >= 15 is 0 Å². The van der Waals surface area contributed by atoms with Crippen LogP contribution in [0, 0.1) is 23.2 Å². The number of benzene rings is 1. The molecule has 3 N–H and O–H groups in total. The first-order valence-corrected chi connectivity index (χ1v) is 16.4. The number of alkyl carbamates (subject to hydrolysis) is 1. The Balaban J connectivity index is 1.58. The summed E-state index contributed by atoms with van der Waals surface area (Å²) in [4.78, 5) is 68.7. The van der Waals surface area contributed by atoms with Gasteiger partial charge in [-0.15, -0.1) is 6.58 Å². The molecule has 1 aromatic carbocycles. The fraction of sp³-hybridized carbons (Fsp3) is 0.629. The van der Waals surface area contributed by atoms with Gasteiger partial charge in [0.2, 0.25) is 23.5 Å². The number of rotatable bonds is 12. The number of alkyl halides is 2. The molecule has 1 saturated heterocycles. The van der Waals surface area contributed by atoms with Crippen molar-refractivity contribution in [1.82, 2.24) is 20.9 Å². The number of carbonyl (C=O) groups excluding carboxylic acids is 5. The van der Waals surface area contributed by atoms with Crippen molar-refractivity contribution in [2.45, 2.75) is 103 Å². The highest BCUT2D eigenvalue weighted by Crippen LogP contribution is 2.65. The van der Waals surface area contributed by atoms with Gasteiger partial charge >= 0.3 is 6.09 Å². The average Bonchev–Trinajstić information content (AvgIpc) is 3.31. The molecule has 2 aliphatic carbocycles. The molecular formula is C35H48F2N4O6. The van der Waals surface area contributed by atoms with Crippen molar-refractivity contribution in [3.63, 3.8) is 0 Å². The van der Waals surface area contributed by atoms with Crippen molar-refractivity contribution in [2.24, 2.45) is 23.2 Å². The minimum absolute atomic E-state index is 0.0120. The second kappa shape index (κ2) is 14.1. The molecule has 1 aromatic rings. The minimum Gasteiger partial charge on any atom is -0.444 e. The summed E-state index contributed by atoms with van der Waals surface area (Å²) in [6, 6.07) is 6.00. The minimum atomic E-state index is -2.85. The maximum atomic E-state index is 14.3. The van der Waals surface area contributed by atoms with Crippen LogP contribution in [0.15, 0.2) is 43.0 Å². The van der Waals surface area contributed by atoms with Gasteiger partial charge in [0.25, 0.3) is 5.91 Å². The first-order chi connectivity index (χ1) is 21.9. The summed E-state index contributed by atoms with van der Waals surface area (Å²) >= 11 is 0. The van der Waals surface area contributed by atoms with Crippen molar-refractivity contribution < 1.29 is 37.5 Å².